The Balaban J connectivity index is 1.73. The van der Waals surface area contributed by atoms with Crippen molar-refractivity contribution < 1.29 is 31.7 Å². The number of hydrogen-bond acceptors (Lipinski definition) is 5. The summed E-state index contributed by atoms with van der Waals surface area (Å²) >= 11 is 6.17. The van der Waals surface area contributed by atoms with Gasteiger partial charge in [-0.15, -0.1) is 0 Å². The van der Waals surface area contributed by atoms with Crippen LogP contribution in [-0.2, 0) is 32.8 Å². The number of aryl methyl sites for hydroxylation is 2. The van der Waals surface area contributed by atoms with Crippen molar-refractivity contribution in [2.75, 3.05) is 19.8 Å². The predicted molar refractivity (Wildman–Crippen MR) is 165 cm³/mol. The molecule has 10 heteroatoms. The molecule has 0 spiro atoms. The first-order chi connectivity index (χ1) is 19.3. The third-order valence-electron chi connectivity index (χ3n) is 7.68. The Hall–Kier alpha value is -2.02. The highest BCUT2D eigenvalue weighted by molar-refractivity contribution is 7.62. The minimum absolute atomic E-state index is 0.0512. The molecule has 0 aliphatic carbocycles. The van der Waals surface area contributed by atoms with Crippen LogP contribution >= 0.6 is 19.0 Å². The average Bonchev–Trinajstić information content (AvgIpc) is 3.25. The van der Waals surface area contributed by atoms with Gasteiger partial charge in [-0.3, -0.25) is 4.57 Å². The Kier molecular flexibility index (Phi) is 10.6. The first-order valence-corrected chi connectivity index (χ1v) is 16.3. The normalized spacial score (nSPS) is 18.1. The molecule has 0 fully saturated rings. The average molecular weight is 630 g/mol. The molecule has 42 heavy (non-hydrogen) atoms. The SMILES string of the molecule is CC1=NC(CCc2ccc(OCCCc3cccc(Cl)c3C)c(C(F)(F)F)c2)(COP(=O)(C(C)(C)C)C(C)(C)C)CO1. The number of nitrogens with zero attached hydrogens (tertiary/aromatic N) is 1. The molecule has 1 heterocycles. The summed E-state index contributed by atoms with van der Waals surface area (Å²) in [5, 5.41) is -0.538. The van der Waals surface area contributed by atoms with Gasteiger partial charge in [0, 0.05) is 22.3 Å². The maximum Gasteiger partial charge on any atom is 0.419 e. The van der Waals surface area contributed by atoms with E-state index in [1.165, 1.54) is 6.07 Å². The van der Waals surface area contributed by atoms with Crippen molar-refractivity contribution in [1.29, 1.82) is 0 Å². The van der Waals surface area contributed by atoms with E-state index in [0.29, 0.717) is 42.2 Å². The summed E-state index contributed by atoms with van der Waals surface area (Å²) in [6.45, 7) is 15.4. The molecule has 0 amide bonds. The van der Waals surface area contributed by atoms with Crippen LogP contribution in [0.4, 0.5) is 13.2 Å². The highest BCUT2D eigenvalue weighted by Gasteiger charge is 2.50. The van der Waals surface area contributed by atoms with E-state index in [1.54, 1.807) is 13.0 Å². The summed E-state index contributed by atoms with van der Waals surface area (Å²) in [7, 11) is -3.17. The van der Waals surface area contributed by atoms with Crippen LogP contribution in [0.2, 0.25) is 5.02 Å². The largest absolute Gasteiger partial charge is 0.493 e. The number of halogens is 4. The van der Waals surface area contributed by atoms with E-state index in [9.17, 15) is 17.7 Å². The van der Waals surface area contributed by atoms with Gasteiger partial charge in [0.05, 0.1) is 18.8 Å². The zero-order valence-electron chi connectivity index (χ0n) is 26.0. The number of alkyl halides is 3. The fourth-order valence-corrected chi connectivity index (χ4v) is 8.74. The monoisotopic (exact) mass is 629 g/mol. The van der Waals surface area contributed by atoms with E-state index < -0.39 is 35.0 Å². The number of ether oxygens (including phenoxy) is 2. The molecule has 0 saturated heterocycles. The van der Waals surface area contributed by atoms with Crippen molar-refractivity contribution in [2.45, 2.75) is 103 Å². The highest BCUT2D eigenvalue weighted by Crippen LogP contribution is 2.67. The van der Waals surface area contributed by atoms with Crippen LogP contribution in [0.15, 0.2) is 41.4 Å². The van der Waals surface area contributed by atoms with Gasteiger partial charge in [-0.25, -0.2) is 4.99 Å². The van der Waals surface area contributed by atoms with E-state index in [1.807, 2.05) is 66.7 Å². The molecule has 5 nitrogen and oxygen atoms in total. The van der Waals surface area contributed by atoms with Gasteiger partial charge in [-0.2, -0.15) is 13.2 Å². The van der Waals surface area contributed by atoms with E-state index in [0.717, 1.165) is 17.2 Å². The molecule has 3 rings (SSSR count). The molecule has 0 N–H and O–H groups in total. The number of hydrogen-bond donors (Lipinski definition) is 0. The third kappa shape index (κ3) is 8.12. The maximum absolute atomic E-state index is 14.1. The molecule has 1 aliphatic heterocycles. The molecule has 234 valence electrons. The second-order valence-electron chi connectivity index (χ2n) is 13.1. The van der Waals surface area contributed by atoms with Crippen LogP contribution < -0.4 is 4.74 Å². The summed E-state index contributed by atoms with van der Waals surface area (Å²) in [5.41, 5.74) is 0.859. The van der Waals surface area contributed by atoms with Crippen LogP contribution in [0.5, 0.6) is 5.75 Å². The Morgan fingerprint density at radius 1 is 1.02 bits per heavy atom. The molecular weight excluding hydrogens is 586 g/mol. The fourth-order valence-electron chi connectivity index (χ4n) is 5.34. The van der Waals surface area contributed by atoms with Gasteiger partial charge in [-0.05, 0) is 67.5 Å². The van der Waals surface area contributed by atoms with Gasteiger partial charge >= 0.3 is 6.18 Å². The van der Waals surface area contributed by atoms with Crippen molar-refractivity contribution in [3.8, 4) is 5.75 Å². The standard InChI is InChI=1S/C32H44ClF3NO4P/c1-22-25(11-9-13-27(22)33)12-10-18-39-28-15-14-24(19-26(28)32(34,35)36)16-17-31(20-40-23(2)37-31)21-41-42(38,29(3,4)5)30(6,7)8/h9,11,13-15,19H,10,12,16-18,20-21H2,1-8H3. The van der Waals surface area contributed by atoms with Crippen molar-refractivity contribution in [1.82, 2.24) is 0 Å². The van der Waals surface area contributed by atoms with Gasteiger partial charge in [0.1, 0.15) is 17.9 Å². The van der Waals surface area contributed by atoms with E-state index in [-0.39, 0.29) is 25.6 Å². The quantitative estimate of drug-likeness (QED) is 0.183. The molecule has 1 aliphatic rings. The molecule has 2 aromatic carbocycles. The second kappa shape index (κ2) is 12.9. The van der Waals surface area contributed by atoms with E-state index >= 15 is 0 Å². The van der Waals surface area contributed by atoms with Crippen molar-refractivity contribution in [2.24, 2.45) is 4.99 Å². The predicted octanol–water partition coefficient (Wildman–Crippen LogP) is 9.69. The Morgan fingerprint density at radius 3 is 2.26 bits per heavy atom. The smallest absolute Gasteiger partial charge is 0.419 e. The Bertz CT molecular complexity index is 1310. The van der Waals surface area contributed by atoms with Gasteiger partial charge in [0.25, 0.3) is 0 Å². The first-order valence-electron chi connectivity index (χ1n) is 14.3. The van der Waals surface area contributed by atoms with Crippen LogP contribution in [0.3, 0.4) is 0 Å². The van der Waals surface area contributed by atoms with Crippen molar-refractivity contribution in [3.05, 3.63) is 63.7 Å². The van der Waals surface area contributed by atoms with E-state index in [2.05, 4.69) is 4.99 Å². The topological polar surface area (TPSA) is 57.1 Å². The summed E-state index contributed by atoms with van der Waals surface area (Å²) in [4.78, 5) is 4.67. The molecule has 2 aromatic rings. The summed E-state index contributed by atoms with van der Waals surface area (Å²) in [5.74, 6) is 0.286. The molecule has 0 bridgehead atoms. The Labute approximate surface area is 253 Å². The minimum Gasteiger partial charge on any atom is -0.493 e. The lowest BCUT2D eigenvalue weighted by atomic mass is 9.93. The van der Waals surface area contributed by atoms with Gasteiger partial charge < -0.3 is 14.0 Å². The molecule has 0 aromatic heterocycles. The van der Waals surface area contributed by atoms with E-state index in [4.69, 9.17) is 25.6 Å². The lowest BCUT2D eigenvalue weighted by Gasteiger charge is -2.41. The van der Waals surface area contributed by atoms with Gasteiger partial charge in [-0.1, -0.05) is 71.3 Å². The second-order valence-corrected chi connectivity index (χ2v) is 17.6. The van der Waals surface area contributed by atoms with Crippen LogP contribution in [-0.4, -0.2) is 41.6 Å². The zero-order chi connectivity index (χ0) is 31.6. The first kappa shape index (κ1) is 34.5. The summed E-state index contributed by atoms with van der Waals surface area (Å²) in [6, 6.07) is 9.82. The maximum atomic E-state index is 14.1. The summed E-state index contributed by atoms with van der Waals surface area (Å²) in [6.07, 6.45) is -2.71. The summed E-state index contributed by atoms with van der Waals surface area (Å²) < 4.78 is 73.8. The number of rotatable bonds is 11. The lowest BCUT2D eigenvalue weighted by molar-refractivity contribution is -0.139. The molecular formula is C32H44ClF3NO4P. The lowest BCUT2D eigenvalue weighted by Crippen LogP contribution is -2.38. The van der Waals surface area contributed by atoms with Crippen LogP contribution in [0.1, 0.15) is 83.6 Å². The van der Waals surface area contributed by atoms with Crippen LogP contribution in [0.25, 0.3) is 0 Å². The molecule has 0 saturated carbocycles. The minimum atomic E-state index is -4.58. The van der Waals surface area contributed by atoms with Gasteiger partial charge in [0.2, 0.25) is 7.37 Å². The fraction of sp³-hybridized carbons (Fsp3) is 0.594. The van der Waals surface area contributed by atoms with Crippen molar-refractivity contribution in [3.63, 3.8) is 0 Å². The molecule has 1 unspecified atom stereocenters. The molecule has 1 atom stereocenters. The Morgan fingerprint density at radius 2 is 1.69 bits per heavy atom. The third-order valence-corrected chi connectivity index (χ3v) is 12.1. The molecule has 0 radical (unpaired) electrons. The number of aliphatic imine (C=N–C) groups is 1. The zero-order valence-corrected chi connectivity index (χ0v) is 27.6. The van der Waals surface area contributed by atoms with Gasteiger partial charge in [0.15, 0.2) is 5.90 Å². The number of benzene rings is 2. The van der Waals surface area contributed by atoms with Crippen LogP contribution in [0, 0.1) is 6.92 Å². The highest BCUT2D eigenvalue weighted by atomic mass is 35.5. The van der Waals surface area contributed by atoms with Crippen molar-refractivity contribution >= 4 is 24.9 Å².